The van der Waals surface area contributed by atoms with Gasteiger partial charge in [-0.25, -0.2) is 0 Å². The number of rotatable bonds is 11. The Morgan fingerprint density at radius 1 is 1.00 bits per heavy atom. The van der Waals surface area contributed by atoms with Gasteiger partial charge in [0.2, 0.25) is 0 Å². The van der Waals surface area contributed by atoms with Crippen LogP contribution in [-0.2, 0) is 9.59 Å². The Morgan fingerprint density at radius 2 is 1.59 bits per heavy atom. The lowest BCUT2D eigenvalue weighted by atomic mass is 10.1. The number of carbonyl (C=O) groups is 2. The molecule has 0 aliphatic rings. The Morgan fingerprint density at radius 3 is 2.07 bits per heavy atom. The molecular formula is C17H22Cl4N2O4. The monoisotopic (exact) mass is 458 g/mol. The van der Waals surface area contributed by atoms with E-state index in [4.69, 9.17) is 55.9 Å². The van der Waals surface area contributed by atoms with Crippen molar-refractivity contribution < 1.29 is 19.1 Å². The summed E-state index contributed by atoms with van der Waals surface area (Å²) in [6.45, 7) is 2.60. The third kappa shape index (κ3) is 8.21. The van der Waals surface area contributed by atoms with E-state index in [0.29, 0.717) is 23.7 Å². The number of hydrogen-bond acceptors (Lipinski definition) is 4. The molecular weight excluding hydrogens is 438 g/mol. The number of unbranched alkanes of at least 4 members (excludes halogenated alkanes) is 2. The average Bonchev–Trinajstić information content (AvgIpc) is 2.64. The van der Waals surface area contributed by atoms with Crippen molar-refractivity contribution in [2.45, 2.75) is 42.0 Å². The summed E-state index contributed by atoms with van der Waals surface area (Å²) in [5, 5.41) is 5.02. The number of nitrogens with one attached hydrogen (secondary N) is 2. The standard InChI is InChI=1S/C17H22Cl4N2O4/c1-3-4-5-8-27-12-9-10(6-7-11(12)26-2)15(22-16(24)13(18)19)23-17(25)14(20)21/h6-7,9,13-15H,3-5,8H2,1-2H3,(H,22,24)(H,23,25). The number of benzene rings is 1. The number of amides is 2. The fourth-order valence-corrected chi connectivity index (χ4v) is 2.39. The van der Waals surface area contributed by atoms with Crippen LogP contribution in [0.15, 0.2) is 18.2 Å². The van der Waals surface area contributed by atoms with Crippen molar-refractivity contribution in [1.29, 1.82) is 0 Å². The predicted octanol–water partition coefficient (Wildman–Crippen LogP) is 4.10. The number of halogens is 4. The molecule has 2 N–H and O–H groups in total. The first-order chi connectivity index (χ1) is 12.8. The van der Waals surface area contributed by atoms with E-state index in [0.717, 1.165) is 19.3 Å². The molecule has 0 atom stereocenters. The fourth-order valence-electron chi connectivity index (χ4n) is 2.13. The van der Waals surface area contributed by atoms with Gasteiger partial charge in [0.1, 0.15) is 6.17 Å². The quantitative estimate of drug-likeness (QED) is 0.296. The molecule has 0 radical (unpaired) electrons. The zero-order valence-corrected chi connectivity index (χ0v) is 18.0. The molecule has 0 saturated heterocycles. The molecule has 0 aromatic heterocycles. The van der Waals surface area contributed by atoms with Gasteiger partial charge in [-0.05, 0) is 24.1 Å². The maximum absolute atomic E-state index is 11.9. The summed E-state index contributed by atoms with van der Waals surface area (Å²) in [4.78, 5) is 21.1. The van der Waals surface area contributed by atoms with Gasteiger partial charge < -0.3 is 20.1 Å². The number of carbonyl (C=O) groups excluding carboxylic acids is 2. The number of hydrogen-bond donors (Lipinski definition) is 2. The van der Waals surface area contributed by atoms with Gasteiger partial charge in [-0.3, -0.25) is 9.59 Å². The van der Waals surface area contributed by atoms with E-state index >= 15 is 0 Å². The maximum atomic E-state index is 11.9. The van der Waals surface area contributed by atoms with E-state index in [1.54, 1.807) is 18.2 Å². The van der Waals surface area contributed by atoms with Crippen LogP contribution in [0, 0.1) is 0 Å². The summed E-state index contributed by atoms with van der Waals surface area (Å²) in [5.41, 5.74) is 0.506. The van der Waals surface area contributed by atoms with E-state index in [-0.39, 0.29) is 0 Å². The number of methoxy groups -OCH3 is 1. The lowest BCUT2D eigenvalue weighted by Gasteiger charge is -2.22. The number of ether oxygens (including phenoxy) is 2. The van der Waals surface area contributed by atoms with Crippen LogP contribution < -0.4 is 20.1 Å². The molecule has 6 nitrogen and oxygen atoms in total. The van der Waals surface area contributed by atoms with Crippen molar-refractivity contribution in [2.75, 3.05) is 13.7 Å². The maximum Gasteiger partial charge on any atom is 0.255 e. The number of alkyl halides is 4. The van der Waals surface area contributed by atoms with Crippen molar-refractivity contribution in [3.05, 3.63) is 23.8 Å². The molecule has 1 rings (SSSR count). The smallest absolute Gasteiger partial charge is 0.255 e. The Kier molecular flexibility index (Phi) is 11.0. The van der Waals surface area contributed by atoms with E-state index in [1.807, 2.05) is 0 Å². The summed E-state index contributed by atoms with van der Waals surface area (Å²) in [7, 11) is 1.52. The molecule has 0 unspecified atom stereocenters. The Labute approximate surface area is 178 Å². The Balaban J connectivity index is 3.07. The normalized spacial score (nSPS) is 11.0. The first kappa shape index (κ1) is 24.0. The van der Waals surface area contributed by atoms with Gasteiger partial charge in [-0.1, -0.05) is 72.2 Å². The second kappa shape index (κ2) is 12.4. The second-order valence-corrected chi connectivity index (χ2v) is 7.71. The molecule has 0 saturated carbocycles. The molecule has 1 aromatic rings. The first-order valence-corrected chi connectivity index (χ1v) is 10.0. The molecule has 27 heavy (non-hydrogen) atoms. The van der Waals surface area contributed by atoms with Crippen LogP contribution in [0.3, 0.4) is 0 Å². The van der Waals surface area contributed by atoms with Crippen molar-refractivity contribution in [2.24, 2.45) is 0 Å². The van der Waals surface area contributed by atoms with Gasteiger partial charge in [0.05, 0.1) is 13.7 Å². The topological polar surface area (TPSA) is 76.7 Å². The molecule has 2 amide bonds. The first-order valence-electron chi connectivity index (χ1n) is 8.27. The lowest BCUT2D eigenvalue weighted by molar-refractivity contribution is -0.122. The van der Waals surface area contributed by atoms with E-state index < -0.39 is 27.7 Å². The van der Waals surface area contributed by atoms with Gasteiger partial charge >= 0.3 is 0 Å². The zero-order valence-electron chi connectivity index (χ0n) is 14.9. The molecule has 0 aliphatic carbocycles. The summed E-state index contributed by atoms with van der Waals surface area (Å²) >= 11 is 22.3. The van der Waals surface area contributed by atoms with Crippen molar-refractivity contribution in [3.8, 4) is 11.5 Å². The molecule has 0 spiro atoms. The summed E-state index contributed by atoms with van der Waals surface area (Å²) in [6, 6.07) is 4.95. The van der Waals surface area contributed by atoms with E-state index in [2.05, 4.69) is 17.6 Å². The van der Waals surface area contributed by atoms with Gasteiger partial charge in [-0.2, -0.15) is 0 Å². The average molecular weight is 460 g/mol. The summed E-state index contributed by atoms with van der Waals surface area (Å²) in [6.07, 6.45) is 2.03. The van der Waals surface area contributed by atoms with Gasteiger partial charge in [0.25, 0.3) is 11.8 Å². The van der Waals surface area contributed by atoms with Crippen molar-refractivity contribution >= 4 is 58.2 Å². The highest BCUT2D eigenvalue weighted by Crippen LogP contribution is 2.30. The molecule has 152 valence electrons. The molecule has 0 bridgehead atoms. The minimum Gasteiger partial charge on any atom is -0.493 e. The largest absolute Gasteiger partial charge is 0.493 e. The van der Waals surface area contributed by atoms with Crippen molar-refractivity contribution in [3.63, 3.8) is 0 Å². The third-order valence-corrected chi connectivity index (χ3v) is 4.29. The van der Waals surface area contributed by atoms with Gasteiger partial charge in [-0.15, -0.1) is 0 Å². The molecule has 0 aliphatic heterocycles. The lowest BCUT2D eigenvalue weighted by Crippen LogP contribution is -2.44. The molecule has 0 fully saturated rings. The van der Waals surface area contributed by atoms with Gasteiger partial charge in [0, 0.05) is 0 Å². The van der Waals surface area contributed by atoms with Crippen LogP contribution >= 0.6 is 46.4 Å². The van der Waals surface area contributed by atoms with Crippen LogP contribution in [0.1, 0.15) is 37.9 Å². The minimum atomic E-state index is -1.31. The van der Waals surface area contributed by atoms with Crippen molar-refractivity contribution in [1.82, 2.24) is 10.6 Å². The van der Waals surface area contributed by atoms with Crippen LogP contribution in [-0.4, -0.2) is 35.2 Å². The molecule has 10 heteroatoms. The Hall–Kier alpha value is -1.08. The molecule has 0 heterocycles. The SMILES string of the molecule is CCCCCOc1cc(C(NC(=O)C(Cl)Cl)NC(=O)C(Cl)Cl)ccc1OC. The van der Waals surface area contributed by atoms with Crippen LogP contribution in [0.5, 0.6) is 11.5 Å². The van der Waals surface area contributed by atoms with E-state index in [9.17, 15) is 9.59 Å². The second-order valence-electron chi connectivity index (χ2n) is 5.52. The van der Waals surface area contributed by atoms with Crippen LogP contribution in [0.25, 0.3) is 0 Å². The summed E-state index contributed by atoms with van der Waals surface area (Å²) < 4.78 is 11.1. The third-order valence-electron chi connectivity index (χ3n) is 3.50. The highest BCUT2D eigenvalue weighted by atomic mass is 35.5. The fraction of sp³-hybridized carbons (Fsp3) is 0.529. The van der Waals surface area contributed by atoms with Crippen LogP contribution in [0.4, 0.5) is 0 Å². The zero-order chi connectivity index (χ0) is 20.4. The minimum absolute atomic E-state index is 0.473. The van der Waals surface area contributed by atoms with Crippen LogP contribution in [0.2, 0.25) is 0 Å². The predicted molar refractivity (Wildman–Crippen MR) is 108 cm³/mol. The highest BCUT2D eigenvalue weighted by Gasteiger charge is 2.24. The van der Waals surface area contributed by atoms with Gasteiger partial charge in [0.15, 0.2) is 21.2 Å². The van der Waals surface area contributed by atoms with E-state index in [1.165, 1.54) is 7.11 Å². The Bertz CT molecular complexity index is 607. The molecule has 1 aromatic carbocycles. The summed E-state index contributed by atoms with van der Waals surface area (Å²) in [5.74, 6) is -0.385. The highest BCUT2D eigenvalue weighted by molar-refractivity contribution is 6.54.